The van der Waals surface area contributed by atoms with Gasteiger partial charge in [0.1, 0.15) is 45.4 Å². The molecular weight excluding hydrogens is 1700 g/mol. The summed E-state index contributed by atoms with van der Waals surface area (Å²) in [7, 11) is 0. The number of phenols is 1. The van der Waals surface area contributed by atoms with Crippen LogP contribution in [0.25, 0.3) is 175 Å². The number of tetrazole rings is 5. The summed E-state index contributed by atoms with van der Waals surface area (Å²) in [4.78, 5) is 28.8. The van der Waals surface area contributed by atoms with Crippen LogP contribution in [-0.2, 0) is 0 Å². The van der Waals surface area contributed by atoms with Crippen LogP contribution in [0.4, 0.5) is 0 Å². The van der Waals surface area contributed by atoms with Gasteiger partial charge in [-0.3, -0.25) is 24.9 Å². The average molecular weight is 1780 g/mol. The molecule has 0 atom stereocenters. The molecule has 11 heterocycles. The van der Waals surface area contributed by atoms with Gasteiger partial charge in [0.15, 0.2) is 0 Å². The van der Waals surface area contributed by atoms with Crippen LogP contribution in [0.3, 0.4) is 0 Å². The summed E-state index contributed by atoms with van der Waals surface area (Å²) in [5, 5.41) is 76.6. The molecule has 1 N–H and O–H groups in total. The van der Waals surface area contributed by atoms with Gasteiger partial charge in [-0.15, -0.1) is 75.0 Å². The molecule has 0 amide bonds. The minimum Gasteiger partial charge on any atom is -0.508 e. The smallest absolute Gasteiger partial charge is 0.223 e. The Morgan fingerprint density at radius 2 is 0.579 bits per heavy atom. The Bertz CT molecular complexity index is 7940. The quantitative estimate of drug-likeness (QED) is 0.0939. The molecule has 0 aliphatic rings. The maximum Gasteiger partial charge on any atom is 0.223 e. The second-order valence-corrected chi connectivity index (χ2v) is 30.8. The van der Waals surface area contributed by atoms with Crippen LogP contribution >= 0.6 is 23.2 Å². The molecule has 23 aromatic rings. The molecule has 11 aromatic heterocycles. The zero-order valence-corrected chi connectivity index (χ0v) is 72.4. The number of aryl methyl sites for hydroxylation is 1. The van der Waals surface area contributed by atoms with Gasteiger partial charge < -0.3 is 9.52 Å². The van der Waals surface area contributed by atoms with Crippen LogP contribution < -0.4 is 0 Å². The molecule has 0 spiro atoms. The summed E-state index contributed by atoms with van der Waals surface area (Å²) >= 11 is 12.3. The lowest BCUT2D eigenvalue weighted by atomic mass is 9.94. The van der Waals surface area contributed by atoms with Crippen LogP contribution in [0.5, 0.6) is 5.75 Å². The van der Waals surface area contributed by atoms with Crippen molar-refractivity contribution in [3.63, 3.8) is 0 Å². The Morgan fingerprint density at radius 3 is 1.01 bits per heavy atom. The van der Waals surface area contributed by atoms with Crippen LogP contribution in [0.15, 0.2) is 405 Å². The highest BCUT2D eigenvalue weighted by molar-refractivity contribution is 6.36. The molecule has 0 aliphatic carbocycles. The minimum atomic E-state index is 0.231. The normalized spacial score (nSPS) is 10.9. The van der Waals surface area contributed by atoms with E-state index in [1.54, 1.807) is 58.8 Å². The summed E-state index contributed by atoms with van der Waals surface area (Å²) in [6, 6.07) is 120. The SMILES string of the molecule is Cc1cccc(-c2cccc(-n3nnc(-c4ccccn4)n3)c2)c1C.Clc1ccc(-c2cccc(-n3nnc(-c4ccccn4)n3)c2)c(Cl)c1.Oc1cccc(-c2cccc(-n3nnc(-c4ccccn4)n3)c2)c1.c1ccc(-c2ccccc2-c2cccc(-n3nnc(-c4ccccn4)n3)c2)cc1.c1ccc(-c2nnn(-c3cccc(-c4cccc5c4oc4ccccc45)c3)n2)nc1. The molecular formula is C104H73Cl2N25O2. The first-order valence-corrected chi connectivity index (χ1v) is 42.7. The first-order chi connectivity index (χ1) is 65.5. The van der Waals surface area contributed by atoms with Gasteiger partial charge in [-0.2, -0.15) is 0 Å². The fourth-order valence-corrected chi connectivity index (χ4v) is 15.2. The monoisotopic (exact) mass is 1770 g/mol. The number of aromatic nitrogens is 25. The van der Waals surface area contributed by atoms with E-state index in [1.165, 1.54) is 42.2 Å². The highest BCUT2D eigenvalue weighted by Crippen LogP contribution is 2.39. The van der Waals surface area contributed by atoms with E-state index in [0.717, 1.165) is 100 Å². The fraction of sp³-hybridized carbons (Fsp3) is 0.0192. The van der Waals surface area contributed by atoms with E-state index < -0.39 is 0 Å². The Hall–Kier alpha value is -18.1. The highest BCUT2D eigenvalue weighted by atomic mass is 35.5. The predicted molar refractivity (Wildman–Crippen MR) is 513 cm³/mol. The highest BCUT2D eigenvalue weighted by Gasteiger charge is 2.19. The Kier molecular flexibility index (Phi) is 25.0. The van der Waals surface area contributed by atoms with Gasteiger partial charge in [-0.25, -0.2) is 0 Å². The number of benzene rings is 12. The van der Waals surface area contributed by atoms with Crippen molar-refractivity contribution >= 4 is 45.1 Å². The summed E-state index contributed by atoms with van der Waals surface area (Å²) in [5.41, 5.74) is 24.6. The van der Waals surface area contributed by atoms with Crippen molar-refractivity contribution in [3.05, 3.63) is 422 Å². The molecule has 0 radical (unpaired) electrons. The molecule has 23 rings (SSSR count). The predicted octanol–water partition coefficient (Wildman–Crippen LogP) is 22.2. The first kappa shape index (κ1) is 84.4. The van der Waals surface area contributed by atoms with E-state index >= 15 is 0 Å². The van der Waals surface area contributed by atoms with Gasteiger partial charge in [0.2, 0.25) is 29.1 Å². The third-order valence-electron chi connectivity index (χ3n) is 21.3. The topological polar surface area (TPSA) is 316 Å². The molecule has 0 aliphatic heterocycles. The lowest BCUT2D eigenvalue weighted by Gasteiger charge is -2.11. The number of halogens is 2. The third kappa shape index (κ3) is 19.6. The van der Waals surface area contributed by atoms with E-state index in [2.05, 4.69) is 237 Å². The van der Waals surface area contributed by atoms with E-state index in [9.17, 15) is 5.11 Å². The Morgan fingerprint density at radius 1 is 0.256 bits per heavy atom. The largest absolute Gasteiger partial charge is 0.508 e. The maximum atomic E-state index is 9.64. The number of hydrogen-bond donors (Lipinski definition) is 1. The second kappa shape index (κ2) is 39.4. The minimum absolute atomic E-state index is 0.231. The maximum absolute atomic E-state index is 9.64. The van der Waals surface area contributed by atoms with Crippen LogP contribution in [-0.4, -0.2) is 131 Å². The zero-order valence-electron chi connectivity index (χ0n) is 70.9. The van der Waals surface area contributed by atoms with Gasteiger partial charge in [-0.05, 0) is 258 Å². The van der Waals surface area contributed by atoms with Crippen molar-refractivity contribution in [1.29, 1.82) is 0 Å². The van der Waals surface area contributed by atoms with Crippen LogP contribution in [0.1, 0.15) is 11.1 Å². The molecule has 29 heteroatoms. The molecule has 0 bridgehead atoms. The third-order valence-corrected chi connectivity index (χ3v) is 21.8. The van der Waals surface area contributed by atoms with E-state index in [-0.39, 0.29) is 5.75 Å². The number of pyridine rings is 5. The number of nitrogens with zero attached hydrogens (tertiary/aromatic N) is 25. The van der Waals surface area contributed by atoms with Crippen LogP contribution in [0.2, 0.25) is 10.0 Å². The number of para-hydroxylation sites is 2. The van der Waals surface area contributed by atoms with Gasteiger partial charge in [0.05, 0.1) is 28.4 Å². The van der Waals surface area contributed by atoms with E-state index in [4.69, 9.17) is 27.6 Å². The van der Waals surface area contributed by atoms with Crippen LogP contribution in [0, 0.1) is 13.8 Å². The van der Waals surface area contributed by atoms with Gasteiger partial charge in [-0.1, -0.05) is 242 Å². The fourth-order valence-electron chi connectivity index (χ4n) is 14.7. The van der Waals surface area contributed by atoms with Gasteiger partial charge in [0.25, 0.3) is 0 Å². The van der Waals surface area contributed by atoms with Gasteiger partial charge >= 0.3 is 0 Å². The number of fused-ring (bicyclic) bond motifs is 3. The first-order valence-electron chi connectivity index (χ1n) is 41.9. The molecule has 12 aromatic carbocycles. The van der Waals surface area contributed by atoms with Gasteiger partial charge in [0, 0.05) is 62.9 Å². The Balaban J connectivity index is 0.000000107. The van der Waals surface area contributed by atoms with Crippen molar-refractivity contribution in [1.82, 2.24) is 126 Å². The lowest BCUT2D eigenvalue weighted by molar-refractivity contribution is 0.475. The van der Waals surface area contributed by atoms with Crippen molar-refractivity contribution in [2.45, 2.75) is 13.8 Å². The number of aromatic hydroxyl groups is 1. The molecule has 0 unspecified atom stereocenters. The van der Waals surface area contributed by atoms with Crippen molar-refractivity contribution in [2.75, 3.05) is 0 Å². The molecule has 640 valence electrons. The zero-order chi connectivity index (χ0) is 90.2. The lowest BCUT2D eigenvalue weighted by Crippen LogP contribution is -1.99. The van der Waals surface area contributed by atoms with Crippen molar-refractivity contribution in [3.8, 4) is 159 Å². The second-order valence-electron chi connectivity index (χ2n) is 30.0. The molecule has 0 saturated carbocycles. The number of phenolic OH excluding ortho intramolecular Hbond substituents is 1. The number of rotatable bonds is 16. The van der Waals surface area contributed by atoms with Crippen molar-refractivity contribution < 1.29 is 9.52 Å². The molecule has 27 nitrogen and oxygen atoms in total. The molecule has 0 fully saturated rings. The van der Waals surface area contributed by atoms with E-state index in [0.29, 0.717) is 67.6 Å². The Labute approximate surface area is 770 Å². The standard InChI is InChI=1S/C24H15N5O.C24H17N5.C20H17N5.C18H11Cl2N5.C18H13N5O/c1-2-13-22-19(9-1)20-11-6-10-18(23(20)30-22)16-7-5-8-17(15-16)29-27-24(26-28-29)21-12-3-4-14-25-21;1-2-9-18(10-3-1)21-13-4-5-14-22(21)19-11-8-12-20(17-19)29-27-24(26-28-29)23-15-6-7-16-25-23;1-14-7-5-10-18(15(14)2)16-8-6-9-17(13-16)25-23-20(22-24-25)19-11-3-4-12-21-19;19-13-7-8-15(16(20)11-13)12-4-3-5-14(10-12)25-23-18(22-24-25)17-6-1-2-9-21-17;24-16-8-4-6-14(12-16)13-5-3-7-15(11-13)23-21-18(20-22-23)17-9-1-2-10-19-17/h1-15H;1-17H;3-13H,1-2H3;1-11H;1-12,24H. The molecule has 133 heavy (non-hydrogen) atoms. The summed E-state index contributed by atoms with van der Waals surface area (Å²) in [5.74, 6) is 2.67. The number of furan rings is 1. The summed E-state index contributed by atoms with van der Waals surface area (Å²) in [6.45, 7) is 4.27. The number of hydrogen-bond acceptors (Lipinski definition) is 22. The van der Waals surface area contributed by atoms with Crippen molar-refractivity contribution in [2.24, 2.45) is 0 Å². The summed E-state index contributed by atoms with van der Waals surface area (Å²) in [6.07, 6.45) is 8.54. The van der Waals surface area contributed by atoms with E-state index in [1.807, 2.05) is 231 Å². The average Bonchev–Trinajstić information content (AvgIpc) is 1.62. The summed E-state index contributed by atoms with van der Waals surface area (Å²) < 4.78 is 6.19. The molecule has 0 saturated heterocycles.